The molecule has 1 fully saturated rings. The predicted octanol–water partition coefficient (Wildman–Crippen LogP) is 2.86. The van der Waals surface area contributed by atoms with Crippen LogP contribution in [0.25, 0.3) is 0 Å². The normalized spacial score (nSPS) is 19.6. The minimum atomic E-state index is -0.638. The number of carboxylic acid groups (broad SMARTS) is 1. The highest BCUT2D eigenvalue weighted by Crippen LogP contribution is 2.27. The van der Waals surface area contributed by atoms with Crippen molar-refractivity contribution in [3.63, 3.8) is 0 Å². The van der Waals surface area contributed by atoms with Crippen LogP contribution in [0.4, 0.5) is 4.79 Å². The summed E-state index contributed by atoms with van der Waals surface area (Å²) in [6.45, 7) is 7.09. The van der Waals surface area contributed by atoms with Gasteiger partial charge in [0, 0.05) is 6.54 Å². The van der Waals surface area contributed by atoms with Crippen LogP contribution >= 0.6 is 0 Å². The zero-order valence-electron chi connectivity index (χ0n) is 14.7. The topological polar surface area (TPSA) is 111 Å². The number of carbonyl (C=O) groups is 2. The zero-order chi connectivity index (χ0) is 18.2. The van der Waals surface area contributed by atoms with Crippen molar-refractivity contribution in [3.8, 4) is 0 Å². The van der Waals surface area contributed by atoms with Crippen LogP contribution in [-0.4, -0.2) is 36.9 Å². The average Bonchev–Trinajstić information content (AvgIpc) is 2.60. The van der Waals surface area contributed by atoms with Gasteiger partial charge in [0.2, 0.25) is 0 Å². The second kappa shape index (κ2) is 15.0. The van der Waals surface area contributed by atoms with E-state index in [4.69, 9.17) is 10.8 Å². The summed E-state index contributed by atoms with van der Waals surface area (Å²) >= 11 is 0. The maximum Gasteiger partial charge on any atom is 0.438 e. The van der Waals surface area contributed by atoms with Crippen molar-refractivity contribution in [2.75, 3.05) is 19.7 Å². The average molecular weight is 344 g/mol. The number of hydrogen-bond acceptors (Lipinski definition) is 5. The minimum Gasteiger partial charge on any atom is -0.481 e. The van der Waals surface area contributed by atoms with Gasteiger partial charge in [-0.2, -0.15) is 4.89 Å². The second-order valence-corrected chi connectivity index (χ2v) is 5.86. The molecule has 0 heterocycles. The van der Waals surface area contributed by atoms with Crippen LogP contribution < -0.4 is 11.1 Å². The van der Waals surface area contributed by atoms with Crippen molar-refractivity contribution in [2.24, 2.45) is 17.6 Å². The van der Waals surface area contributed by atoms with Crippen LogP contribution in [-0.2, 0) is 14.6 Å². The summed E-state index contributed by atoms with van der Waals surface area (Å²) in [6, 6.07) is 0. The molecule has 24 heavy (non-hydrogen) atoms. The molecule has 0 saturated heterocycles. The SMILES string of the molecule is C=CCNC(=O)OOCCCCC.NC[C@H]1CC[C@H](C(=O)O)CC1. The van der Waals surface area contributed by atoms with Crippen molar-refractivity contribution < 1.29 is 24.5 Å². The number of hydrogen-bond donors (Lipinski definition) is 3. The lowest BCUT2D eigenvalue weighted by Crippen LogP contribution is -2.25. The van der Waals surface area contributed by atoms with Crippen LogP contribution in [0, 0.1) is 11.8 Å². The van der Waals surface area contributed by atoms with Gasteiger partial charge in [-0.25, -0.2) is 4.79 Å². The molecule has 0 aromatic carbocycles. The first kappa shape index (κ1) is 22.4. The molecule has 140 valence electrons. The molecule has 1 aliphatic carbocycles. The van der Waals surface area contributed by atoms with Gasteiger partial charge in [0.15, 0.2) is 0 Å². The summed E-state index contributed by atoms with van der Waals surface area (Å²) in [7, 11) is 0. The lowest BCUT2D eigenvalue weighted by atomic mass is 9.82. The van der Waals surface area contributed by atoms with Crippen LogP contribution in [0.5, 0.6) is 0 Å². The fourth-order valence-electron chi connectivity index (χ4n) is 2.34. The van der Waals surface area contributed by atoms with E-state index in [0.29, 0.717) is 25.6 Å². The van der Waals surface area contributed by atoms with E-state index in [-0.39, 0.29) is 5.92 Å². The Labute approximate surface area is 144 Å². The Hall–Kier alpha value is -1.60. The van der Waals surface area contributed by atoms with Gasteiger partial charge >= 0.3 is 12.1 Å². The molecule has 0 aromatic heterocycles. The molecule has 1 saturated carbocycles. The van der Waals surface area contributed by atoms with E-state index in [2.05, 4.69) is 28.6 Å². The number of carboxylic acids is 1. The molecule has 1 amide bonds. The first-order valence-corrected chi connectivity index (χ1v) is 8.66. The highest BCUT2D eigenvalue weighted by atomic mass is 17.2. The molecule has 4 N–H and O–H groups in total. The van der Waals surface area contributed by atoms with Crippen molar-refractivity contribution in [1.29, 1.82) is 0 Å². The molecule has 7 nitrogen and oxygen atoms in total. The number of amides is 1. The van der Waals surface area contributed by atoms with E-state index < -0.39 is 12.1 Å². The molecular weight excluding hydrogens is 312 g/mol. The smallest absolute Gasteiger partial charge is 0.438 e. The van der Waals surface area contributed by atoms with E-state index in [0.717, 1.165) is 44.9 Å². The number of aliphatic carboxylic acids is 1. The highest BCUT2D eigenvalue weighted by Gasteiger charge is 2.24. The summed E-state index contributed by atoms with van der Waals surface area (Å²) in [5.74, 6) is -0.163. The summed E-state index contributed by atoms with van der Waals surface area (Å²) in [5.41, 5.74) is 5.48. The Morgan fingerprint density at radius 2 is 1.96 bits per heavy atom. The summed E-state index contributed by atoms with van der Waals surface area (Å²) in [6.07, 6.45) is 7.72. The Bertz CT molecular complexity index is 355. The lowest BCUT2D eigenvalue weighted by molar-refractivity contribution is -0.238. The molecule has 0 aliphatic heterocycles. The Kier molecular flexibility index (Phi) is 14.0. The monoisotopic (exact) mass is 344 g/mol. The molecule has 0 aromatic rings. The van der Waals surface area contributed by atoms with E-state index >= 15 is 0 Å². The van der Waals surface area contributed by atoms with Gasteiger partial charge in [0.1, 0.15) is 0 Å². The quantitative estimate of drug-likeness (QED) is 0.257. The van der Waals surface area contributed by atoms with Gasteiger partial charge in [-0.3, -0.25) is 9.68 Å². The van der Waals surface area contributed by atoms with Crippen molar-refractivity contribution in [3.05, 3.63) is 12.7 Å². The molecular formula is C17H32N2O5. The molecule has 0 bridgehead atoms. The Morgan fingerprint density at radius 3 is 2.46 bits per heavy atom. The standard InChI is InChI=1S/C9H17NO3.C8H15NO2/c1-3-5-6-8-12-13-9(11)10-7-4-2;9-5-6-1-3-7(4-2-6)8(10)11/h4H,2-3,5-8H2,1H3,(H,10,11);6-7H,1-5,9H2,(H,10,11)/t;6-,7-. The molecule has 7 heteroatoms. The van der Waals surface area contributed by atoms with Gasteiger partial charge in [0.05, 0.1) is 12.5 Å². The van der Waals surface area contributed by atoms with Gasteiger partial charge in [-0.15, -0.1) is 6.58 Å². The third-order valence-corrected chi connectivity index (χ3v) is 3.89. The van der Waals surface area contributed by atoms with E-state index in [9.17, 15) is 9.59 Å². The molecule has 0 unspecified atom stereocenters. The predicted molar refractivity (Wildman–Crippen MR) is 92.3 cm³/mol. The van der Waals surface area contributed by atoms with Crippen molar-refractivity contribution >= 4 is 12.1 Å². The minimum absolute atomic E-state index is 0.0993. The fraction of sp³-hybridized carbons (Fsp3) is 0.765. The first-order chi connectivity index (χ1) is 11.5. The molecule has 1 rings (SSSR count). The van der Waals surface area contributed by atoms with Crippen LogP contribution in [0.2, 0.25) is 0 Å². The van der Waals surface area contributed by atoms with Crippen LogP contribution in [0.15, 0.2) is 12.7 Å². The molecule has 0 atom stereocenters. The number of rotatable bonds is 9. The third kappa shape index (κ3) is 11.9. The largest absolute Gasteiger partial charge is 0.481 e. The summed E-state index contributed by atoms with van der Waals surface area (Å²) in [4.78, 5) is 30.3. The van der Waals surface area contributed by atoms with Crippen molar-refractivity contribution in [2.45, 2.75) is 51.9 Å². The lowest BCUT2D eigenvalue weighted by Gasteiger charge is -2.24. The van der Waals surface area contributed by atoms with Gasteiger partial charge in [-0.1, -0.05) is 25.8 Å². The number of carbonyl (C=O) groups excluding carboxylic acids is 1. The fourth-order valence-corrected chi connectivity index (χ4v) is 2.34. The third-order valence-electron chi connectivity index (χ3n) is 3.89. The number of unbranched alkanes of at least 4 members (excludes halogenated alkanes) is 2. The maximum absolute atomic E-state index is 10.7. The van der Waals surface area contributed by atoms with Gasteiger partial charge in [-0.05, 0) is 44.6 Å². The van der Waals surface area contributed by atoms with Crippen LogP contribution in [0.3, 0.4) is 0 Å². The maximum atomic E-state index is 10.7. The number of nitrogens with one attached hydrogen (secondary N) is 1. The molecule has 0 radical (unpaired) electrons. The molecule has 1 aliphatic rings. The zero-order valence-corrected chi connectivity index (χ0v) is 14.7. The highest BCUT2D eigenvalue weighted by molar-refractivity contribution is 5.70. The Balaban J connectivity index is 0.000000446. The summed E-state index contributed by atoms with van der Waals surface area (Å²) in [5, 5.41) is 11.1. The van der Waals surface area contributed by atoms with E-state index in [1.807, 2.05) is 0 Å². The van der Waals surface area contributed by atoms with Crippen LogP contribution in [0.1, 0.15) is 51.9 Å². The van der Waals surface area contributed by atoms with Crippen molar-refractivity contribution in [1.82, 2.24) is 5.32 Å². The second-order valence-electron chi connectivity index (χ2n) is 5.86. The molecule has 0 spiro atoms. The Morgan fingerprint density at radius 1 is 1.29 bits per heavy atom. The summed E-state index contributed by atoms with van der Waals surface area (Å²) < 4.78 is 0. The van der Waals surface area contributed by atoms with Gasteiger partial charge < -0.3 is 16.2 Å². The van der Waals surface area contributed by atoms with E-state index in [1.165, 1.54) is 0 Å². The van der Waals surface area contributed by atoms with E-state index in [1.54, 1.807) is 6.08 Å². The number of nitrogens with two attached hydrogens (primary N) is 1. The first-order valence-electron chi connectivity index (χ1n) is 8.66. The van der Waals surface area contributed by atoms with Gasteiger partial charge in [0.25, 0.3) is 0 Å².